The number of carbonyl (C=O) groups excluding carboxylic acids is 1. The second-order valence-corrected chi connectivity index (χ2v) is 4.82. The van der Waals surface area contributed by atoms with Gasteiger partial charge in [-0.05, 0) is 31.0 Å². The van der Waals surface area contributed by atoms with E-state index in [0.29, 0.717) is 30.9 Å². The average molecular weight is 281 g/mol. The summed E-state index contributed by atoms with van der Waals surface area (Å²) >= 11 is 0. The van der Waals surface area contributed by atoms with E-state index in [-0.39, 0.29) is 5.91 Å². The number of hydrogen-bond donors (Lipinski definition) is 1. The van der Waals surface area contributed by atoms with Crippen molar-refractivity contribution in [1.29, 1.82) is 0 Å². The number of amides is 1. The van der Waals surface area contributed by atoms with Crippen LogP contribution in [0.1, 0.15) is 18.9 Å². The number of aliphatic hydroxyl groups excluding tert-OH is 1. The summed E-state index contributed by atoms with van der Waals surface area (Å²) in [6, 6.07) is 5.44. The van der Waals surface area contributed by atoms with Crippen molar-refractivity contribution in [2.45, 2.75) is 25.9 Å². The summed E-state index contributed by atoms with van der Waals surface area (Å²) in [5.41, 5.74) is 0.872. The van der Waals surface area contributed by atoms with Crippen molar-refractivity contribution < 1.29 is 19.4 Å². The molecule has 20 heavy (non-hydrogen) atoms. The van der Waals surface area contributed by atoms with Gasteiger partial charge in [0, 0.05) is 13.6 Å². The van der Waals surface area contributed by atoms with Gasteiger partial charge in [0.05, 0.1) is 26.7 Å². The Labute approximate surface area is 120 Å². The number of carbonyl (C=O) groups is 1. The Morgan fingerprint density at radius 3 is 2.50 bits per heavy atom. The number of rotatable bonds is 7. The van der Waals surface area contributed by atoms with Gasteiger partial charge in [-0.3, -0.25) is 4.79 Å². The molecule has 0 aliphatic carbocycles. The monoisotopic (exact) mass is 281 g/mol. The first-order valence-corrected chi connectivity index (χ1v) is 6.60. The Balaban J connectivity index is 2.66. The van der Waals surface area contributed by atoms with Crippen LogP contribution in [-0.2, 0) is 11.2 Å². The zero-order valence-electron chi connectivity index (χ0n) is 12.5. The second-order valence-electron chi connectivity index (χ2n) is 4.82. The molecule has 1 N–H and O–H groups in total. The Bertz CT molecular complexity index is 445. The Hall–Kier alpha value is -1.75. The fourth-order valence-corrected chi connectivity index (χ4v) is 1.81. The molecule has 5 heteroatoms. The molecule has 0 aromatic heterocycles. The first kappa shape index (κ1) is 16.3. The van der Waals surface area contributed by atoms with Gasteiger partial charge >= 0.3 is 0 Å². The van der Waals surface area contributed by atoms with E-state index in [2.05, 4.69) is 0 Å². The number of aliphatic hydroxyl groups is 1. The molecule has 5 nitrogen and oxygen atoms in total. The average Bonchev–Trinajstić information content (AvgIpc) is 2.44. The van der Waals surface area contributed by atoms with Crippen LogP contribution in [0.2, 0.25) is 0 Å². The van der Waals surface area contributed by atoms with Crippen molar-refractivity contribution >= 4 is 5.91 Å². The Kier molecular flexibility index (Phi) is 6.31. The summed E-state index contributed by atoms with van der Waals surface area (Å²) in [5.74, 6) is 1.27. The van der Waals surface area contributed by atoms with E-state index in [1.54, 1.807) is 45.2 Å². The summed E-state index contributed by atoms with van der Waals surface area (Å²) in [5, 5.41) is 9.23. The molecular weight excluding hydrogens is 258 g/mol. The lowest BCUT2D eigenvalue weighted by molar-refractivity contribution is -0.129. The highest BCUT2D eigenvalue weighted by molar-refractivity contribution is 5.78. The van der Waals surface area contributed by atoms with E-state index in [1.165, 1.54) is 0 Å². The Morgan fingerprint density at radius 1 is 1.30 bits per heavy atom. The number of ether oxygens (including phenoxy) is 2. The summed E-state index contributed by atoms with van der Waals surface area (Å²) < 4.78 is 10.4. The summed E-state index contributed by atoms with van der Waals surface area (Å²) in [4.78, 5) is 13.7. The SMILES string of the molecule is COc1ccc(CC(=O)N(C)CCC(C)O)cc1OC. The maximum absolute atomic E-state index is 12.1. The van der Waals surface area contributed by atoms with Gasteiger partial charge in [0.1, 0.15) is 0 Å². The quantitative estimate of drug-likeness (QED) is 0.822. The van der Waals surface area contributed by atoms with Crippen molar-refractivity contribution in [2.75, 3.05) is 27.8 Å². The number of methoxy groups -OCH3 is 2. The fourth-order valence-electron chi connectivity index (χ4n) is 1.81. The highest BCUT2D eigenvalue weighted by Gasteiger charge is 2.12. The molecule has 0 radical (unpaired) electrons. The number of nitrogens with zero attached hydrogens (tertiary/aromatic N) is 1. The highest BCUT2D eigenvalue weighted by Crippen LogP contribution is 2.27. The zero-order valence-corrected chi connectivity index (χ0v) is 12.5. The molecule has 0 spiro atoms. The molecule has 1 aromatic rings. The van der Waals surface area contributed by atoms with Gasteiger partial charge in [0.2, 0.25) is 5.91 Å². The van der Waals surface area contributed by atoms with Gasteiger partial charge in [-0.1, -0.05) is 6.07 Å². The summed E-state index contributed by atoms with van der Waals surface area (Å²) in [6.07, 6.45) is 0.483. The Morgan fingerprint density at radius 2 is 1.95 bits per heavy atom. The van der Waals surface area contributed by atoms with Gasteiger partial charge in [-0.25, -0.2) is 0 Å². The molecule has 1 rings (SSSR count). The summed E-state index contributed by atoms with van der Waals surface area (Å²) in [6.45, 7) is 2.26. The molecule has 0 heterocycles. The molecule has 0 aliphatic rings. The molecule has 1 amide bonds. The first-order chi connectivity index (χ1) is 9.47. The van der Waals surface area contributed by atoms with Crippen molar-refractivity contribution in [3.05, 3.63) is 23.8 Å². The van der Waals surface area contributed by atoms with Crippen LogP contribution in [0.15, 0.2) is 18.2 Å². The molecule has 0 saturated carbocycles. The maximum atomic E-state index is 12.1. The molecule has 1 unspecified atom stereocenters. The van der Waals surface area contributed by atoms with Crippen LogP contribution in [-0.4, -0.2) is 49.8 Å². The predicted molar refractivity (Wildman–Crippen MR) is 77.2 cm³/mol. The molecule has 0 saturated heterocycles. The number of benzene rings is 1. The largest absolute Gasteiger partial charge is 0.493 e. The van der Waals surface area contributed by atoms with Crippen molar-refractivity contribution in [3.63, 3.8) is 0 Å². The predicted octanol–water partition coefficient (Wildman–Crippen LogP) is 1.48. The van der Waals surface area contributed by atoms with Crippen LogP contribution in [0, 0.1) is 0 Å². The maximum Gasteiger partial charge on any atom is 0.226 e. The van der Waals surface area contributed by atoms with Crippen LogP contribution >= 0.6 is 0 Å². The second kappa shape index (κ2) is 7.75. The van der Waals surface area contributed by atoms with E-state index >= 15 is 0 Å². The van der Waals surface area contributed by atoms with Crippen LogP contribution in [0.25, 0.3) is 0 Å². The summed E-state index contributed by atoms with van der Waals surface area (Å²) in [7, 11) is 4.89. The third-order valence-electron chi connectivity index (χ3n) is 3.11. The lowest BCUT2D eigenvalue weighted by Crippen LogP contribution is -2.30. The molecular formula is C15H23NO4. The van der Waals surface area contributed by atoms with Crippen LogP contribution in [0.3, 0.4) is 0 Å². The smallest absolute Gasteiger partial charge is 0.226 e. The van der Waals surface area contributed by atoms with E-state index < -0.39 is 6.10 Å². The molecule has 1 aromatic carbocycles. The van der Waals surface area contributed by atoms with E-state index in [0.717, 1.165) is 5.56 Å². The minimum absolute atomic E-state index is 0.0119. The van der Waals surface area contributed by atoms with Crippen LogP contribution in [0.4, 0.5) is 0 Å². The first-order valence-electron chi connectivity index (χ1n) is 6.60. The lowest BCUT2D eigenvalue weighted by atomic mass is 10.1. The van der Waals surface area contributed by atoms with Gasteiger partial charge < -0.3 is 19.5 Å². The van der Waals surface area contributed by atoms with Gasteiger partial charge in [-0.2, -0.15) is 0 Å². The van der Waals surface area contributed by atoms with E-state index in [4.69, 9.17) is 9.47 Å². The molecule has 0 fully saturated rings. The van der Waals surface area contributed by atoms with Crippen molar-refractivity contribution in [1.82, 2.24) is 4.90 Å². The van der Waals surface area contributed by atoms with Crippen LogP contribution in [0.5, 0.6) is 11.5 Å². The normalized spacial score (nSPS) is 11.8. The molecule has 112 valence electrons. The van der Waals surface area contributed by atoms with Crippen LogP contribution < -0.4 is 9.47 Å². The van der Waals surface area contributed by atoms with Crippen molar-refractivity contribution in [3.8, 4) is 11.5 Å². The third-order valence-corrected chi connectivity index (χ3v) is 3.11. The minimum Gasteiger partial charge on any atom is -0.493 e. The zero-order chi connectivity index (χ0) is 15.1. The van der Waals surface area contributed by atoms with Gasteiger partial charge in [0.25, 0.3) is 0 Å². The topological polar surface area (TPSA) is 59.0 Å². The highest BCUT2D eigenvalue weighted by atomic mass is 16.5. The lowest BCUT2D eigenvalue weighted by Gasteiger charge is -2.18. The molecule has 1 atom stereocenters. The third kappa shape index (κ3) is 4.74. The molecule has 0 bridgehead atoms. The number of likely N-dealkylation sites (N-methyl/N-ethyl adjacent to an activating group) is 1. The van der Waals surface area contributed by atoms with Gasteiger partial charge in [0.15, 0.2) is 11.5 Å². The van der Waals surface area contributed by atoms with E-state index in [9.17, 15) is 9.90 Å². The van der Waals surface area contributed by atoms with Crippen molar-refractivity contribution in [2.24, 2.45) is 0 Å². The van der Waals surface area contributed by atoms with E-state index in [1.807, 2.05) is 6.07 Å². The minimum atomic E-state index is -0.397. The standard InChI is InChI=1S/C15H23NO4/c1-11(17)7-8-16(2)15(18)10-12-5-6-13(19-3)14(9-12)20-4/h5-6,9,11,17H,7-8,10H2,1-4H3. The fraction of sp³-hybridized carbons (Fsp3) is 0.533. The van der Waals surface area contributed by atoms with Gasteiger partial charge in [-0.15, -0.1) is 0 Å². The molecule has 0 aliphatic heterocycles. The number of hydrogen-bond acceptors (Lipinski definition) is 4.